The smallest absolute Gasteiger partial charge is 0.340 e. The van der Waals surface area contributed by atoms with Gasteiger partial charge >= 0.3 is 5.97 Å². The molecule has 0 bridgehead atoms. The van der Waals surface area contributed by atoms with Crippen molar-refractivity contribution in [2.24, 2.45) is 7.05 Å². The summed E-state index contributed by atoms with van der Waals surface area (Å²) in [7, 11) is 3.52. The molecule has 0 fully saturated rings. The predicted molar refractivity (Wildman–Crippen MR) is 127 cm³/mol. The van der Waals surface area contributed by atoms with E-state index in [-0.39, 0.29) is 12.5 Å². The van der Waals surface area contributed by atoms with Crippen molar-refractivity contribution in [3.05, 3.63) is 71.0 Å². The molecule has 1 amide bonds. The summed E-state index contributed by atoms with van der Waals surface area (Å²) in [6, 6.07) is 15.5. The van der Waals surface area contributed by atoms with E-state index in [1.165, 1.54) is 7.11 Å². The number of carbonyl (C=O) groups is 2. The van der Waals surface area contributed by atoms with Gasteiger partial charge in [-0.15, -0.1) is 0 Å². The minimum absolute atomic E-state index is 0.152. The maximum absolute atomic E-state index is 12.9. The summed E-state index contributed by atoms with van der Waals surface area (Å²) in [5.41, 5.74) is 5.39. The Bertz CT molecular complexity index is 1320. The molecule has 4 aromatic rings. The number of aromatic nitrogens is 3. The third-order valence-electron chi connectivity index (χ3n) is 5.58. The molecule has 2 aromatic carbocycles. The number of nitrogens with zero attached hydrogens (tertiary/aromatic N) is 2. The Morgan fingerprint density at radius 3 is 2.48 bits per heavy atom. The minimum atomic E-state index is -0.482. The third kappa shape index (κ3) is 4.38. The first-order valence-electron chi connectivity index (χ1n) is 10.6. The summed E-state index contributed by atoms with van der Waals surface area (Å²) in [4.78, 5) is 33.0. The second kappa shape index (κ2) is 9.30. The van der Waals surface area contributed by atoms with Gasteiger partial charge in [-0.2, -0.15) is 0 Å². The fourth-order valence-corrected chi connectivity index (χ4v) is 3.87. The quantitative estimate of drug-likeness (QED) is 0.327. The highest BCUT2D eigenvalue weighted by atomic mass is 16.6. The molecular weight excluding hydrogens is 420 g/mol. The molecule has 0 saturated heterocycles. The molecule has 0 atom stereocenters. The van der Waals surface area contributed by atoms with Crippen LogP contribution in [0.15, 0.2) is 48.5 Å². The highest BCUT2D eigenvalue weighted by Gasteiger charge is 2.23. The summed E-state index contributed by atoms with van der Waals surface area (Å²) in [6.07, 6.45) is 0. The number of aryl methyl sites for hydroxylation is 2. The lowest BCUT2D eigenvalue weighted by atomic mass is 10.1. The highest BCUT2D eigenvalue weighted by Crippen LogP contribution is 2.25. The molecule has 2 N–H and O–H groups in total. The Hall–Kier alpha value is -3.91. The van der Waals surface area contributed by atoms with E-state index in [0.29, 0.717) is 34.8 Å². The van der Waals surface area contributed by atoms with E-state index < -0.39 is 5.97 Å². The van der Waals surface area contributed by atoms with Crippen LogP contribution in [0, 0.1) is 13.8 Å². The van der Waals surface area contributed by atoms with Crippen molar-refractivity contribution >= 4 is 28.6 Å². The Balaban J connectivity index is 1.51. The van der Waals surface area contributed by atoms with Gasteiger partial charge < -0.3 is 24.3 Å². The molecule has 8 nitrogen and oxygen atoms in total. The van der Waals surface area contributed by atoms with Gasteiger partial charge in [0.1, 0.15) is 18.1 Å². The number of rotatable bonds is 7. The first-order valence-corrected chi connectivity index (χ1v) is 10.6. The number of aromatic amines is 1. The summed E-state index contributed by atoms with van der Waals surface area (Å²) >= 11 is 0. The van der Waals surface area contributed by atoms with Crippen LogP contribution >= 0.6 is 0 Å². The van der Waals surface area contributed by atoms with Crippen LogP contribution in [0.25, 0.3) is 22.4 Å². The van der Waals surface area contributed by atoms with Crippen LogP contribution in [0.1, 0.15) is 32.1 Å². The van der Waals surface area contributed by atoms with Gasteiger partial charge in [0.2, 0.25) is 0 Å². The monoisotopic (exact) mass is 446 g/mol. The molecule has 2 aromatic heterocycles. The number of fused-ring (bicyclic) bond motifs is 1. The van der Waals surface area contributed by atoms with E-state index in [9.17, 15) is 9.59 Å². The molecule has 2 heterocycles. The molecule has 0 radical (unpaired) electrons. The van der Waals surface area contributed by atoms with Gasteiger partial charge in [0.25, 0.3) is 5.91 Å². The normalized spacial score (nSPS) is 11.0. The van der Waals surface area contributed by atoms with Crippen molar-refractivity contribution in [1.82, 2.24) is 14.5 Å². The van der Waals surface area contributed by atoms with Gasteiger partial charge in [0.15, 0.2) is 0 Å². The van der Waals surface area contributed by atoms with Crippen molar-refractivity contribution < 1.29 is 19.1 Å². The molecule has 0 spiro atoms. The van der Waals surface area contributed by atoms with Crippen molar-refractivity contribution in [2.75, 3.05) is 25.6 Å². The standard InChI is InChI=1S/C25H26N4O4/c1-15-21(25(31)33-14-13-32-4)16(2)26-22(15)24(30)27-18-11-9-17(10-12-18)23-28-19-7-5-6-8-20(19)29(23)3/h5-12,26H,13-14H2,1-4H3,(H,27,30). The van der Waals surface area contributed by atoms with Crippen LogP contribution in [0.2, 0.25) is 0 Å². The first kappa shape index (κ1) is 22.3. The maximum atomic E-state index is 12.9. The summed E-state index contributed by atoms with van der Waals surface area (Å²) < 4.78 is 12.1. The minimum Gasteiger partial charge on any atom is -0.460 e. The second-order valence-corrected chi connectivity index (χ2v) is 7.77. The van der Waals surface area contributed by atoms with Crippen LogP contribution in [0.5, 0.6) is 0 Å². The van der Waals surface area contributed by atoms with Crippen LogP contribution < -0.4 is 5.32 Å². The molecule has 4 rings (SSSR count). The van der Waals surface area contributed by atoms with Gasteiger partial charge in [0.05, 0.1) is 23.2 Å². The van der Waals surface area contributed by atoms with Crippen LogP contribution in [-0.2, 0) is 16.5 Å². The Morgan fingerprint density at radius 2 is 1.79 bits per heavy atom. The zero-order valence-electron chi connectivity index (χ0n) is 19.1. The van der Waals surface area contributed by atoms with E-state index >= 15 is 0 Å². The topological polar surface area (TPSA) is 98.2 Å². The van der Waals surface area contributed by atoms with Gasteiger partial charge in [-0.3, -0.25) is 4.79 Å². The molecule has 0 unspecified atom stereocenters. The molecule has 33 heavy (non-hydrogen) atoms. The third-order valence-corrected chi connectivity index (χ3v) is 5.58. The van der Waals surface area contributed by atoms with E-state index in [1.807, 2.05) is 60.1 Å². The number of para-hydroxylation sites is 2. The fourth-order valence-electron chi connectivity index (χ4n) is 3.87. The number of amides is 1. The van der Waals surface area contributed by atoms with Gasteiger partial charge in [-0.05, 0) is 55.8 Å². The molecule has 8 heteroatoms. The van der Waals surface area contributed by atoms with E-state index in [4.69, 9.17) is 14.5 Å². The molecular formula is C25H26N4O4. The lowest BCUT2D eigenvalue weighted by molar-refractivity contribution is 0.0387. The van der Waals surface area contributed by atoms with Crippen molar-refractivity contribution in [3.63, 3.8) is 0 Å². The summed E-state index contributed by atoms with van der Waals surface area (Å²) in [6.45, 7) is 3.92. The summed E-state index contributed by atoms with van der Waals surface area (Å²) in [5.74, 6) is 0.0349. The number of esters is 1. The van der Waals surface area contributed by atoms with E-state index in [1.54, 1.807) is 13.8 Å². The second-order valence-electron chi connectivity index (χ2n) is 7.77. The number of ether oxygens (including phenoxy) is 2. The van der Waals surface area contributed by atoms with Crippen LogP contribution in [0.4, 0.5) is 5.69 Å². The SMILES string of the molecule is COCCOC(=O)c1c(C)[nH]c(C(=O)Nc2ccc(-c3nc4ccccc4n3C)cc2)c1C. The van der Waals surface area contributed by atoms with E-state index in [0.717, 1.165) is 22.4 Å². The van der Waals surface area contributed by atoms with E-state index in [2.05, 4.69) is 10.3 Å². The lowest BCUT2D eigenvalue weighted by Gasteiger charge is -2.07. The highest BCUT2D eigenvalue weighted by molar-refractivity contribution is 6.07. The molecule has 0 aliphatic heterocycles. The Labute approximate surface area is 191 Å². The fraction of sp³-hybridized carbons (Fsp3) is 0.240. The largest absolute Gasteiger partial charge is 0.460 e. The first-order chi connectivity index (χ1) is 15.9. The Kier molecular flexibility index (Phi) is 6.28. The van der Waals surface area contributed by atoms with Crippen molar-refractivity contribution in [3.8, 4) is 11.4 Å². The average molecular weight is 447 g/mol. The van der Waals surface area contributed by atoms with Crippen LogP contribution in [-0.4, -0.2) is 46.7 Å². The van der Waals surface area contributed by atoms with Crippen LogP contribution in [0.3, 0.4) is 0 Å². The molecule has 0 saturated carbocycles. The summed E-state index contributed by atoms with van der Waals surface area (Å²) in [5, 5.41) is 2.88. The number of hydrogen-bond acceptors (Lipinski definition) is 5. The number of imidazole rings is 1. The zero-order chi connectivity index (χ0) is 23.5. The number of anilines is 1. The average Bonchev–Trinajstić information content (AvgIpc) is 3.30. The number of benzene rings is 2. The van der Waals surface area contributed by atoms with Gasteiger partial charge in [-0.25, -0.2) is 9.78 Å². The number of H-pyrrole nitrogens is 1. The predicted octanol–water partition coefficient (Wildman–Crippen LogP) is 4.24. The van der Waals surface area contributed by atoms with Crippen molar-refractivity contribution in [1.29, 1.82) is 0 Å². The number of hydrogen-bond donors (Lipinski definition) is 2. The Morgan fingerprint density at radius 1 is 1.06 bits per heavy atom. The molecule has 0 aliphatic rings. The lowest BCUT2D eigenvalue weighted by Crippen LogP contribution is -2.14. The number of nitrogens with one attached hydrogen (secondary N) is 2. The molecule has 170 valence electrons. The van der Waals surface area contributed by atoms with Crippen molar-refractivity contribution in [2.45, 2.75) is 13.8 Å². The maximum Gasteiger partial charge on any atom is 0.340 e. The zero-order valence-corrected chi connectivity index (χ0v) is 19.1. The number of carbonyl (C=O) groups excluding carboxylic acids is 2. The molecule has 0 aliphatic carbocycles. The van der Waals surface area contributed by atoms with Gasteiger partial charge in [-0.1, -0.05) is 12.1 Å². The number of methoxy groups -OCH3 is 1. The van der Waals surface area contributed by atoms with Gasteiger partial charge in [0, 0.05) is 31.1 Å².